The van der Waals surface area contributed by atoms with E-state index in [9.17, 15) is 0 Å². The van der Waals surface area contributed by atoms with Crippen LogP contribution in [-0.4, -0.2) is 35.6 Å². The summed E-state index contributed by atoms with van der Waals surface area (Å²) >= 11 is 0. The topological polar surface area (TPSA) is 41.1 Å². The predicted octanol–water partition coefficient (Wildman–Crippen LogP) is 2.13. The van der Waals surface area contributed by atoms with Crippen LogP contribution in [0, 0.1) is 12.8 Å². The minimum Gasteiger partial charge on any atom is -0.351 e. The number of para-hydroxylation sites is 2. The maximum Gasteiger partial charge on any atom is 0.151 e. The molecule has 2 aliphatic heterocycles. The van der Waals surface area contributed by atoms with Crippen molar-refractivity contribution in [2.24, 2.45) is 5.92 Å². The third-order valence-corrected chi connectivity index (χ3v) is 4.67. The van der Waals surface area contributed by atoms with Crippen LogP contribution in [-0.2, 0) is 0 Å². The number of benzene rings is 1. The van der Waals surface area contributed by atoms with Crippen molar-refractivity contribution in [3.05, 3.63) is 30.0 Å². The molecule has 0 aliphatic carbocycles. The molecule has 104 valence electrons. The SMILES string of the molecule is Cc1nc2ccccc2nc1N1CCCC2CNCC21. The van der Waals surface area contributed by atoms with Gasteiger partial charge in [-0.3, -0.25) is 0 Å². The van der Waals surface area contributed by atoms with Crippen molar-refractivity contribution in [2.45, 2.75) is 25.8 Å². The van der Waals surface area contributed by atoms with Gasteiger partial charge in [0.15, 0.2) is 5.82 Å². The van der Waals surface area contributed by atoms with Crippen LogP contribution >= 0.6 is 0 Å². The lowest BCUT2D eigenvalue weighted by Gasteiger charge is -2.38. The van der Waals surface area contributed by atoms with E-state index in [0.29, 0.717) is 6.04 Å². The molecular weight excluding hydrogens is 248 g/mol. The summed E-state index contributed by atoms with van der Waals surface area (Å²) in [6.45, 7) is 5.43. The lowest BCUT2D eigenvalue weighted by atomic mass is 9.92. The minimum absolute atomic E-state index is 0.595. The summed E-state index contributed by atoms with van der Waals surface area (Å²) in [5.41, 5.74) is 3.05. The van der Waals surface area contributed by atoms with Gasteiger partial charge in [-0.25, -0.2) is 9.97 Å². The van der Waals surface area contributed by atoms with Crippen molar-refractivity contribution in [3.8, 4) is 0 Å². The fraction of sp³-hybridized carbons (Fsp3) is 0.500. The van der Waals surface area contributed by atoms with Gasteiger partial charge >= 0.3 is 0 Å². The van der Waals surface area contributed by atoms with Crippen LogP contribution in [0.25, 0.3) is 11.0 Å². The first kappa shape index (κ1) is 12.1. The molecule has 3 heterocycles. The Hall–Kier alpha value is -1.68. The highest BCUT2D eigenvalue weighted by molar-refractivity contribution is 5.76. The molecule has 1 N–H and O–H groups in total. The number of hydrogen-bond acceptors (Lipinski definition) is 4. The maximum absolute atomic E-state index is 4.89. The van der Waals surface area contributed by atoms with E-state index in [4.69, 9.17) is 9.97 Å². The van der Waals surface area contributed by atoms with Crippen molar-refractivity contribution in [3.63, 3.8) is 0 Å². The van der Waals surface area contributed by atoms with Crippen LogP contribution in [0.2, 0.25) is 0 Å². The number of piperidine rings is 1. The summed E-state index contributed by atoms with van der Waals surface area (Å²) in [7, 11) is 0. The van der Waals surface area contributed by atoms with Gasteiger partial charge < -0.3 is 10.2 Å². The molecule has 4 rings (SSSR count). The Balaban J connectivity index is 1.78. The zero-order valence-electron chi connectivity index (χ0n) is 11.8. The summed E-state index contributed by atoms with van der Waals surface area (Å²) in [4.78, 5) is 12.1. The third kappa shape index (κ3) is 1.86. The van der Waals surface area contributed by atoms with Gasteiger partial charge in [-0.15, -0.1) is 0 Å². The van der Waals surface area contributed by atoms with E-state index >= 15 is 0 Å². The Bertz CT molecular complexity index is 639. The molecule has 4 heteroatoms. The molecule has 2 fully saturated rings. The van der Waals surface area contributed by atoms with E-state index in [2.05, 4.69) is 23.2 Å². The maximum atomic E-state index is 4.89. The summed E-state index contributed by atoms with van der Waals surface area (Å²) in [6, 6.07) is 8.74. The van der Waals surface area contributed by atoms with Crippen LogP contribution in [0.1, 0.15) is 18.5 Å². The molecule has 4 nitrogen and oxygen atoms in total. The number of nitrogens with zero attached hydrogens (tertiary/aromatic N) is 3. The van der Waals surface area contributed by atoms with E-state index in [0.717, 1.165) is 48.1 Å². The smallest absolute Gasteiger partial charge is 0.151 e. The van der Waals surface area contributed by atoms with Crippen LogP contribution in [0.4, 0.5) is 5.82 Å². The summed E-state index contributed by atoms with van der Waals surface area (Å²) < 4.78 is 0. The average molecular weight is 268 g/mol. The van der Waals surface area contributed by atoms with Gasteiger partial charge in [0.05, 0.1) is 16.7 Å². The van der Waals surface area contributed by atoms with Crippen molar-refractivity contribution in [2.75, 3.05) is 24.5 Å². The predicted molar refractivity (Wildman–Crippen MR) is 81.0 cm³/mol. The number of aryl methyl sites for hydroxylation is 1. The van der Waals surface area contributed by atoms with Crippen molar-refractivity contribution in [1.29, 1.82) is 0 Å². The molecule has 1 aromatic carbocycles. The Morgan fingerprint density at radius 2 is 1.95 bits per heavy atom. The first-order valence-electron chi connectivity index (χ1n) is 7.53. The highest BCUT2D eigenvalue weighted by Crippen LogP contribution is 2.31. The Morgan fingerprint density at radius 1 is 1.15 bits per heavy atom. The molecule has 2 aromatic rings. The number of hydrogen-bond donors (Lipinski definition) is 1. The molecule has 2 saturated heterocycles. The number of aromatic nitrogens is 2. The van der Waals surface area contributed by atoms with E-state index in [-0.39, 0.29) is 0 Å². The number of nitrogens with one attached hydrogen (secondary N) is 1. The molecule has 2 aliphatic rings. The quantitative estimate of drug-likeness (QED) is 0.860. The van der Waals surface area contributed by atoms with Gasteiger partial charge in [0.2, 0.25) is 0 Å². The standard InChI is InChI=1S/C16H20N4/c1-11-16(19-14-7-3-2-6-13(14)18-11)20-8-4-5-12-9-17-10-15(12)20/h2-3,6-7,12,15,17H,4-5,8-10H2,1H3. The minimum atomic E-state index is 0.595. The summed E-state index contributed by atoms with van der Waals surface area (Å²) in [5, 5.41) is 3.53. The van der Waals surface area contributed by atoms with E-state index in [1.165, 1.54) is 12.8 Å². The molecule has 1 aromatic heterocycles. The van der Waals surface area contributed by atoms with Gasteiger partial charge in [0.1, 0.15) is 0 Å². The van der Waals surface area contributed by atoms with Gasteiger partial charge in [-0.05, 0) is 37.8 Å². The first-order chi connectivity index (χ1) is 9.83. The van der Waals surface area contributed by atoms with Crippen LogP contribution in [0.15, 0.2) is 24.3 Å². The lowest BCUT2D eigenvalue weighted by Crippen LogP contribution is -2.46. The fourth-order valence-electron chi connectivity index (χ4n) is 3.68. The van der Waals surface area contributed by atoms with E-state index in [1.54, 1.807) is 0 Å². The van der Waals surface area contributed by atoms with E-state index < -0.39 is 0 Å². The zero-order chi connectivity index (χ0) is 13.5. The number of anilines is 1. The monoisotopic (exact) mass is 268 g/mol. The second-order valence-electron chi connectivity index (χ2n) is 5.94. The highest BCUT2D eigenvalue weighted by atomic mass is 15.3. The van der Waals surface area contributed by atoms with Crippen LogP contribution in [0.5, 0.6) is 0 Å². The van der Waals surface area contributed by atoms with Crippen molar-refractivity contribution >= 4 is 16.9 Å². The Labute approximate surface area is 119 Å². The van der Waals surface area contributed by atoms with Crippen molar-refractivity contribution < 1.29 is 0 Å². The molecular formula is C16H20N4. The second kappa shape index (κ2) is 4.70. The number of fused-ring (bicyclic) bond motifs is 2. The average Bonchev–Trinajstić information content (AvgIpc) is 2.95. The van der Waals surface area contributed by atoms with Gasteiger partial charge in [0, 0.05) is 25.7 Å². The normalized spacial score (nSPS) is 25.9. The second-order valence-corrected chi connectivity index (χ2v) is 5.94. The first-order valence-corrected chi connectivity index (χ1v) is 7.53. The van der Waals surface area contributed by atoms with Crippen molar-refractivity contribution in [1.82, 2.24) is 15.3 Å². The molecule has 20 heavy (non-hydrogen) atoms. The molecule has 2 atom stereocenters. The molecule has 2 unspecified atom stereocenters. The molecule has 0 bridgehead atoms. The van der Waals surface area contributed by atoms with Crippen LogP contribution < -0.4 is 10.2 Å². The third-order valence-electron chi connectivity index (χ3n) is 4.67. The molecule has 0 amide bonds. The summed E-state index contributed by atoms with van der Waals surface area (Å²) in [6.07, 6.45) is 2.60. The molecule has 0 radical (unpaired) electrons. The van der Waals surface area contributed by atoms with Gasteiger partial charge in [-0.2, -0.15) is 0 Å². The largest absolute Gasteiger partial charge is 0.351 e. The lowest BCUT2D eigenvalue weighted by molar-refractivity contribution is 0.382. The van der Waals surface area contributed by atoms with Crippen LogP contribution in [0.3, 0.4) is 0 Å². The van der Waals surface area contributed by atoms with Gasteiger partial charge in [0.25, 0.3) is 0 Å². The Morgan fingerprint density at radius 3 is 2.80 bits per heavy atom. The molecule has 0 spiro atoms. The Kier molecular flexibility index (Phi) is 2.84. The van der Waals surface area contributed by atoms with E-state index in [1.807, 2.05) is 18.2 Å². The van der Waals surface area contributed by atoms with Gasteiger partial charge in [-0.1, -0.05) is 12.1 Å². The highest BCUT2D eigenvalue weighted by Gasteiger charge is 2.36. The fourth-order valence-corrected chi connectivity index (χ4v) is 3.68. The molecule has 0 saturated carbocycles. The zero-order valence-corrected chi connectivity index (χ0v) is 11.8. The number of rotatable bonds is 1. The summed E-state index contributed by atoms with van der Waals surface area (Å²) in [5.74, 6) is 1.86.